The number of rotatable bonds is 3. The normalized spacial score (nSPS) is 10.7. The number of hydrogen-bond donors (Lipinski definition) is 2. The predicted octanol–water partition coefficient (Wildman–Crippen LogP) is 3.20. The minimum Gasteiger partial charge on any atom is -0.396 e. The summed E-state index contributed by atoms with van der Waals surface area (Å²) in [6.07, 6.45) is 2.75. The molecule has 3 N–H and O–H groups in total. The van der Waals surface area contributed by atoms with E-state index in [-0.39, 0.29) is 5.69 Å². The van der Waals surface area contributed by atoms with E-state index in [1.54, 1.807) is 6.07 Å². The smallest absolute Gasteiger partial charge is 0.248 e. The maximum Gasteiger partial charge on any atom is 0.248 e. The zero-order valence-corrected chi connectivity index (χ0v) is 10.4. The largest absolute Gasteiger partial charge is 0.396 e. The van der Waals surface area contributed by atoms with E-state index in [4.69, 9.17) is 5.73 Å². The van der Waals surface area contributed by atoms with Crippen LogP contribution in [0.1, 0.15) is 5.56 Å². The van der Waals surface area contributed by atoms with Gasteiger partial charge in [0.05, 0.1) is 5.69 Å². The number of nitrogen functional groups attached to an aromatic ring is 1. The Kier molecular flexibility index (Phi) is 4.10. The van der Waals surface area contributed by atoms with Gasteiger partial charge in [-0.15, -0.1) is 0 Å². The number of hydrogen-bond acceptors (Lipinski definition) is 2. The van der Waals surface area contributed by atoms with E-state index in [0.29, 0.717) is 11.3 Å². The molecule has 2 rings (SSSR count). The molecule has 0 aromatic heterocycles. The van der Waals surface area contributed by atoms with Crippen LogP contribution in [-0.2, 0) is 4.79 Å². The molecule has 0 unspecified atom stereocenters. The number of amides is 1. The van der Waals surface area contributed by atoms with Crippen LogP contribution in [0.3, 0.4) is 0 Å². The molecule has 0 bridgehead atoms. The summed E-state index contributed by atoms with van der Waals surface area (Å²) in [5.74, 6) is -1.36. The lowest BCUT2D eigenvalue weighted by Crippen LogP contribution is -2.07. The van der Waals surface area contributed by atoms with Crippen molar-refractivity contribution in [3.05, 3.63) is 65.7 Å². The second-order valence-corrected chi connectivity index (χ2v) is 4.11. The van der Waals surface area contributed by atoms with E-state index in [1.807, 2.05) is 0 Å². The third-order valence-electron chi connectivity index (χ3n) is 2.54. The Hall–Kier alpha value is -2.69. The molecule has 1 amide bonds. The molecule has 0 fully saturated rings. The van der Waals surface area contributed by atoms with Crippen LogP contribution < -0.4 is 11.1 Å². The van der Waals surface area contributed by atoms with Gasteiger partial charge in [0.2, 0.25) is 5.91 Å². The molecule has 0 aliphatic rings. The molecule has 0 radical (unpaired) electrons. The van der Waals surface area contributed by atoms with Crippen LogP contribution >= 0.6 is 0 Å². The molecule has 20 heavy (non-hydrogen) atoms. The number of nitrogens with two attached hydrogens (primary N) is 1. The quantitative estimate of drug-likeness (QED) is 0.667. The van der Waals surface area contributed by atoms with Gasteiger partial charge < -0.3 is 11.1 Å². The van der Waals surface area contributed by atoms with E-state index >= 15 is 0 Å². The minimum absolute atomic E-state index is 0.0117. The van der Waals surface area contributed by atoms with E-state index in [9.17, 15) is 13.6 Å². The van der Waals surface area contributed by atoms with Crippen molar-refractivity contribution in [3.63, 3.8) is 0 Å². The Balaban J connectivity index is 2.03. The molecule has 2 aromatic carbocycles. The fourth-order valence-electron chi connectivity index (χ4n) is 1.59. The number of carbonyl (C=O) groups excluding carboxylic acids is 1. The van der Waals surface area contributed by atoms with Crippen LogP contribution in [0, 0.1) is 11.6 Å². The van der Waals surface area contributed by atoms with Crippen molar-refractivity contribution in [2.24, 2.45) is 0 Å². The SMILES string of the molecule is Nc1cc(/C=C/C(=O)Nc2cccc(F)c2)ccc1F. The first-order valence-electron chi connectivity index (χ1n) is 5.84. The van der Waals surface area contributed by atoms with Crippen LogP contribution in [0.2, 0.25) is 0 Å². The number of nitrogens with one attached hydrogen (secondary N) is 1. The molecule has 0 saturated carbocycles. The summed E-state index contributed by atoms with van der Waals surface area (Å²) in [6.45, 7) is 0. The van der Waals surface area contributed by atoms with Crippen molar-refractivity contribution >= 4 is 23.4 Å². The van der Waals surface area contributed by atoms with Crippen LogP contribution in [0.25, 0.3) is 6.08 Å². The summed E-state index contributed by atoms with van der Waals surface area (Å²) < 4.78 is 25.9. The fraction of sp³-hybridized carbons (Fsp3) is 0. The van der Waals surface area contributed by atoms with Crippen molar-refractivity contribution in [2.45, 2.75) is 0 Å². The van der Waals surface area contributed by atoms with Crippen LogP contribution in [0.4, 0.5) is 20.2 Å². The molecule has 0 atom stereocenters. The van der Waals surface area contributed by atoms with Crippen molar-refractivity contribution in [2.75, 3.05) is 11.1 Å². The van der Waals surface area contributed by atoms with Gasteiger partial charge in [-0.1, -0.05) is 12.1 Å². The highest BCUT2D eigenvalue weighted by Crippen LogP contribution is 2.14. The third kappa shape index (κ3) is 3.65. The molecule has 102 valence electrons. The molecule has 0 saturated heterocycles. The fourth-order valence-corrected chi connectivity index (χ4v) is 1.59. The molecular formula is C15H12F2N2O. The van der Waals surface area contributed by atoms with E-state index < -0.39 is 17.5 Å². The van der Waals surface area contributed by atoms with Gasteiger partial charge in [-0.05, 0) is 42.0 Å². The minimum atomic E-state index is -0.508. The zero-order chi connectivity index (χ0) is 14.5. The predicted molar refractivity (Wildman–Crippen MR) is 74.9 cm³/mol. The van der Waals surface area contributed by atoms with Crippen LogP contribution in [0.5, 0.6) is 0 Å². The van der Waals surface area contributed by atoms with E-state index in [1.165, 1.54) is 48.6 Å². The van der Waals surface area contributed by atoms with Gasteiger partial charge in [0.25, 0.3) is 0 Å². The molecular weight excluding hydrogens is 262 g/mol. The Morgan fingerprint density at radius 1 is 1.15 bits per heavy atom. The lowest BCUT2D eigenvalue weighted by atomic mass is 10.2. The van der Waals surface area contributed by atoms with Gasteiger partial charge in [0.1, 0.15) is 11.6 Å². The lowest BCUT2D eigenvalue weighted by molar-refractivity contribution is -0.111. The van der Waals surface area contributed by atoms with Crippen molar-refractivity contribution in [3.8, 4) is 0 Å². The van der Waals surface area contributed by atoms with Gasteiger partial charge in [-0.25, -0.2) is 8.78 Å². The summed E-state index contributed by atoms with van der Waals surface area (Å²) in [6, 6.07) is 9.70. The molecule has 0 aliphatic heterocycles. The number of benzene rings is 2. The van der Waals surface area contributed by atoms with Gasteiger partial charge in [0.15, 0.2) is 0 Å². The highest BCUT2D eigenvalue weighted by molar-refractivity contribution is 6.01. The lowest BCUT2D eigenvalue weighted by Gasteiger charge is -2.02. The summed E-state index contributed by atoms with van der Waals surface area (Å²) in [4.78, 5) is 11.6. The molecule has 3 nitrogen and oxygen atoms in total. The van der Waals surface area contributed by atoms with Gasteiger partial charge in [-0.3, -0.25) is 4.79 Å². The van der Waals surface area contributed by atoms with Crippen molar-refractivity contribution < 1.29 is 13.6 Å². The van der Waals surface area contributed by atoms with E-state index in [2.05, 4.69) is 5.32 Å². The van der Waals surface area contributed by atoms with Crippen LogP contribution in [-0.4, -0.2) is 5.91 Å². The number of carbonyl (C=O) groups is 1. The average molecular weight is 274 g/mol. The maximum atomic E-state index is 13.0. The highest BCUT2D eigenvalue weighted by Gasteiger charge is 2.00. The van der Waals surface area contributed by atoms with Gasteiger partial charge in [0, 0.05) is 11.8 Å². The highest BCUT2D eigenvalue weighted by atomic mass is 19.1. The molecule has 0 heterocycles. The Bertz CT molecular complexity index is 669. The first-order chi connectivity index (χ1) is 9.54. The zero-order valence-electron chi connectivity index (χ0n) is 10.4. The molecule has 0 aliphatic carbocycles. The molecule has 5 heteroatoms. The first kappa shape index (κ1) is 13.7. The summed E-state index contributed by atoms with van der Waals surface area (Å²) in [5.41, 5.74) is 6.38. The summed E-state index contributed by atoms with van der Waals surface area (Å²) >= 11 is 0. The second kappa shape index (κ2) is 5.97. The second-order valence-electron chi connectivity index (χ2n) is 4.11. The first-order valence-corrected chi connectivity index (χ1v) is 5.84. The average Bonchev–Trinajstić information content (AvgIpc) is 2.40. The standard InChI is InChI=1S/C15H12F2N2O/c16-11-2-1-3-12(9-11)19-15(20)7-5-10-4-6-13(17)14(18)8-10/h1-9H,18H2,(H,19,20)/b7-5+. The molecule has 2 aromatic rings. The van der Waals surface area contributed by atoms with Crippen molar-refractivity contribution in [1.29, 1.82) is 0 Å². The topological polar surface area (TPSA) is 55.1 Å². The third-order valence-corrected chi connectivity index (χ3v) is 2.54. The molecule has 0 spiro atoms. The number of anilines is 2. The Morgan fingerprint density at radius 3 is 2.65 bits per heavy atom. The van der Waals surface area contributed by atoms with Gasteiger partial charge >= 0.3 is 0 Å². The van der Waals surface area contributed by atoms with Gasteiger partial charge in [-0.2, -0.15) is 0 Å². The monoisotopic (exact) mass is 274 g/mol. The van der Waals surface area contributed by atoms with E-state index in [0.717, 1.165) is 0 Å². The van der Waals surface area contributed by atoms with Crippen LogP contribution in [0.15, 0.2) is 48.5 Å². The number of halogens is 2. The summed E-state index contributed by atoms with van der Waals surface area (Å²) in [7, 11) is 0. The Morgan fingerprint density at radius 2 is 1.95 bits per heavy atom. The maximum absolute atomic E-state index is 13.0. The Labute approximate surface area is 114 Å². The van der Waals surface area contributed by atoms with Crippen molar-refractivity contribution in [1.82, 2.24) is 0 Å². The summed E-state index contributed by atoms with van der Waals surface area (Å²) in [5, 5.41) is 2.51.